The van der Waals surface area contributed by atoms with Crippen LogP contribution in [-0.4, -0.2) is 5.91 Å². The van der Waals surface area contributed by atoms with Crippen molar-refractivity contribution in [2.75, 3.05) is 0 Å². The summed E-state index contributed by atoms with van der Waals surface area (Å²) >= 11 is 0. The second kappa shape index (κ2) is 20.3. The summed E-state index contributed by atoms with van der Waals surface area (Å²) in [6.45, 7) is 2.28. The molecule has 0 aliphatic rings. The van der Waals surface area contributed by atoms with Gasteiger partial charge >= 0.3 is 0 Å². The van der Waals surface area contributed by atoms with Gasteiger partial charge in [0.05, 0.1) is 0 Å². The van der Waals surface area contributed by atoms with E-state index in [4.69, 9.17) is 5.73 Å². The van der Waals surface area contributed by atoms with Crippen LogP contribution in [0.3, 0.4) is 0 Å². The standard InChI is InChI=1S/C22H43NO/c1-2-3-4-5-6-7-8-9-10-11-12-13-14-15-16-17-18-19-20-21-22(23)24/h13-14H,2-12,15-21H2,1H3,(H2,23,24)/b14-13-. The maximum absolute atomic E-state index is 10.6. The summed E-state index contributed by atoms with van der Waals surface area (Å²) in [5.74, 6) is -0.162. The molecule has 2 heteroatoms. The molecule has 142 valence electrons. The van der Waals surface area contributed by atoms with Crippen LogP contribution in [-0.2, 0) is 4.79 Å². The van der Waals surface area contributed by atoms with Gasteiger partial charge in [-0.05, 0) is 32.1 Å². The van der Waals surface area contributed by atoms with Crippen molar-refractivity contribution in [3.8, 4) is 0 Å². The van der Waals surface area contributed by atoms with Crippen molar-refractivity contribution in [1.29, 1.82) is 0 Å². The number of allylic oxidation sites excluding steroid dienone is 2. The van der Waals surface area contributed by atoms with E-state index in [0.29, 0.717) is 6.42 Å². The summed E-state index contributed by atoms with van der Waals surface area (Å²) < 4.78 is 0. The molecule has 2 nitrogen and oxygen atoms in total. The lowest BCUT2D eigenvalue weighted by Gasteiger charge is -2.01. The maximum atomic E-state index is 10.6. The number of hydrogen-bond donors (Lipinski definition) is 1. The van der Waals surface area contributed by atoms with E-state index in [-0.39, 0.29) is 5.91 Å². The number of carbonyl (C=O) groups excluding carboxylic acids is 1. The molecule has 0 fully saturated rings. The first-order valence-corrected chi connectivity index (χ1v) is 10.7. The molecule has 0 rings (SSSR count). The average molecular weight is 338 g/mol. The number of unbranched alkanes of at least 4 members (excludes halogenated alkanes) is 15. The molecule has 0 spiro atoms. The first kappa shape index (κ1) is 23.2. The van der Waals surface area contributed by atoms with Crippen LogP contribution in [0.1, 0.15) is 122 Å². The van der Waals surface area contributed by atoms with Crippen molar-refractivity contribution in [2.45, 2.75) is 122 Å². The lowest BCUT2D eigenvalue weighted by atomic mass is 10.1. The smallest absolute Gasteiger partial charge is 0.217 e. The van der Waals surface area contributed by atoms with Crippen LogP contribution < -0.4 is 5.73 Å². The van der Waals surface area contributed by atoms with Crippen LogP contribution in [0.4, 0.5) is 0 Å². The van der Waals surface area contributed by atoms with E-state index in [1.165, 1.54) is 96.3 Å². The molecule has 24 heavy (non-hydrogen) atoms. The molecule has 0 saturated carbocycles. The normalized spacial score (nSPS) is 11.4. The van der Waals surface area contributed by atoms with Crippen LogP contribution >= 0.6 is 0 Å². The molecular weight excluding hydrogens is 294 g/mol. The summed E-state index contributed by atoms with van der Waals surface area (Å²) in [5.41, 5.74) is 5.12. The highest BCUT2D eigenvalue weighted by atomic mass is 16.1. The second-order valence-corrected chi connectivity index (χ2v) is 7.21. The van der Waals surface area contributed by atoms with Crippen molar-refractivity contribution < 1.29 is 4.79 Å². The van der Waals surface area contributed by atoms with E-state index in [9.17, 15) is 4.79 Å². The first-order valence-electron chi connectivity index (χ1n) is 10.7. The van der Waals surface area contributed by atoms with Gasteiger partial charge in [-0.2, -0.15) is 0 Å². The largest absolute Gasteiger partial charge is 0.370 e. The molecule has 0 aliphatic heterocycles. The zero-order chi connectivity index (χ0) is 17.7. The maximum Gasteiger partial charge on any atom is 0.217 e. The van der Waals surface area contributed by atoms with Gasteiger partial charge in [-0.3, -0.25) is 4.79 Å². The van der Waals surface area contributed by atoms with Gasteiger partial charge in [0, 0.05) is 6.42 Å². The molecule has 0 saturated heterocycles. The Balaban J connectivity index is 3.07. The molecule has 0 bridgehead atoms. The van der Waals surface area contributed by atoms with Crippen LogP contribution in [0.5, 0.6) is 0 Å². The number of nitrogens with two attached hydrogens (primary N) is 1. The summed E-state index contributed by atoms with van der Waals surface area (Å²) in [7, 11) is 0. The van der Waals surface area contributed by atoms with E-state index >= 15 is 0 Å². The van der Waals surface area contributed by atoms with E-state index in [0.717, 1.165) is 12.8 Å². The fourth-order valence-electron chi connectivity index (χ4n) is 3.08. The molecule has 0 aromatic heterocycles. The van der Waals surface area contributed by atoms with Crippen molar-refractivity contribution in [3.05, 3.63) is 12.2 Å². The van der Waals surface area contributed by atoms with Crippen molar-refractivity contribution in [3.63, 3.8) is 0 Å². The molecule has 1 amide bonds. The third kappa shape index (κ3) is 21.2. The van der Waals surface area contributed by atoms with Gasteiger partial charge in [0.25, 0.3) is 0 Å². The van der Waals surface area contributed by atoms with E-state index in [2.05, 4.69) is 19.1 Å². The number of rotatable bonds is 19. The van der Waals surface area contributed by atoms with Gasteiger partial charge in [-0.25, -0.2) is 0 Å². The highest BCUT2D eigenvalue weighted by Crippen LogP contribution is 2.12. The second-order valence-electron chi connectivity index (χ2n) is 7.21. The van der Waals surface area contributed by atoms with Gasteiger partial charge < -0.3 is 5.73 Å². The molecule has 0 atom stereocenters. The highest BCUT2D eigenvalue weighted by Gasteiger charge is 1.94. The molecular formula is C22H43NO. The number of primary amides is 1. The quantitative estimate of drug-likeness (QED) is 0.199. The molecule has 0 aliphatic carbocycles. The van der Waals surface area contributed by atoms with Crippen LogP contribution in [0.25, 0.3) is 0 Å². The Morgan fingerprint density at radius 2 is 1.00 bits per heavy atom. The van der Waals surface area contributed by atoms with Crippen molar-refractivity contribution in [1.82, 2.24) is 0 Å². The molecule has 2 N–H and O–H groups in total. The van der Waals surface area contributed by atoms with Gasteiger partial charge in [0.15, 0.2) is 0 Å². The number of amides is 1. The highest BCUT2D eigenvalue weighted by molar-refractivity contribution is 5.73. The van der Waals surface area contributed by atoms with Crippen LogP contribution in [0.2, 0.25) is 0 Å². The SMILES string of the molecule is CCCCCCCCCCCC/C=C\CCCCCCCC(N)=O. The Hall–Kier alpha value is -0.790. The minimum atomic E-state index is -0.162. The number of carbonyl (C=O) groups is 1. The molecule has 0 aromatic carbocycles. The van der Waals surface area contributed by atoms with E-state index in [1.54, 1.807) is 0 Å². The lowest BCUT2D eigenvalue weighted by molar-refractivity contribution is -0.118. The lowest BCUT2D eigenvalue weighted by Crippen LogP contribution is -2.09. The minimum Gasteiger partial charge on any atom is -0.370 e. The van der Waals surface area contributed by atoms with E-state index < -0.39 is 0 Å². The molecule has 0 aromatic rings. The van der Waals surface area contributed by atoms with Crippen LogP contribution in [0.15, 0.2) is 12.2 Å². The predicted molar refractivity (Wildman–Crippen MR) is 107 cm³/mol. The zero-order valence-electron chi connectivity index (χ0n) is 16.4. The summed E-state index contributed by atoms with van der Waals surface area (Å²) in [4.78, 5) is 10.6. The van der Waals surface area contributed by atoms with Gasteiger partial charge in [-0.15, -0.1) is 0 Å². The summed E-state index contributed by atoms with van der Waals surface area (Å²) in [5, 5.41) is 0. The Labute approximate surface area is 151 Å². The topological polar surface area (TPSA) is 43.1 Å². The van der Waals surface area contributed by atoms with Gasteiger partial charge in [0.1, 0.15) is 0 Å². The van der Waals surface area contributed by atoms with Crippen LogP contribution in [0, 0.1) is 0 Å². The van der Waals surface area contributed by atoms with Crippen molar-refractivity contribution in [2.24, 2.45) is 5.73 Å². The minimum absolute atomic E-state index is 0.162. The zero-order valence-corrected chi connectivity index (χ0v) is 16.4. The Morgan fingerprint density at radius 1 is 0.625 bits per heavy atom. The first-order chi connectivity index (χ1) is 11.8. The Kier molecular flexibility index (Phi) is 19.6. The third-order valence-corrected chi connectivity index (χ3v) is 4.68. The summed E-state index contributed by atoms with van der Waals surface area (Å²) in [6, 6.07) is 0. The molecule has 0 radical (unpaired) electrons. The molecule has 0 unspecified atom stereocenters. The Morgan fingerprint density at radius 3 is 1.42 bits per heavy atom. The van der Waals surface area contributed by atoms with Crippen molar-refractivity contribution >= 4 is 5.91 Å². The monoisotopic (exact) mass is 337 g/mol. The van der Waals surface area contributed by atoms with E-state index in [1.807, 2.05) is 0 Å². The molecule has 0 heterocycles. The predicted octanol–water partition coefficient (Wildman–Crippen LogP) is 7.07. The number of hydrogen-bond acceptors (Lipinski definition) is 1. The average Bonchev–Trinajstić information content (AvgIpc) is 2.56. The fourth-order valence-corrected chi connectivity index (χ4v) is 3.08. The Bertz CT molecular complexity index is 286. The summed E-state index contributed by atoms with van der Waals surface area (Å²) in [6.07, 6.45) is 27.8. The fraction of sp³-hybridized carbons (Fsp3) is 0.864. The van der Waals surface area contributed by atoms with Gasteiger partial charge in [-0.1, -0.05) is 96.1 Å². The van der Waals surface area contributed by atoms with Gasteiger partial charge in [0.2, 0.25) is 5.91 Å². The third-order valence-electron chi connectivity index (χ3n) is 4.68.